The van der Waals surface area contributed by atoms with Crippen LogP contribution >= 0.6 is 43.8 Å². The van der Waals surface area contributed by atoms with Crippen molar-refractivity contribution < 1.29 is 33.0 Å². The van der Waals surface area contributed by atoms with Crippen molar-refractivity contribution in [1.29, 1.82) is 0 Å². The Morgan fingerprint density at radius 2 is 1.97 bits per heavy atom. The molecule has 2 heterocycles. The van der Waals surface area contributed by atoms with E-state index in [1.165, 1.54) is 6.92 Å². The van der Waals surface area contributed by atoms with E-state index >= 15 is 0 Å². The number of aromatic amines is 1. The number of aliphatic hydroxyl groups excluding tert-OH is 1. The van der Waals surface area contributed by atoms with Crippen molar-refractivity contribution in [2.45, 2.75) is 63.7 Å². The first kappa shape index (κ1) is 28.9. The Morgan fingerprint density at radius 1 is 1.31 bits per heavy atom. The lowest BCUT2D eigenvalue weighted by molar-refractivity contribution is -0.149. The molecule has 36 heavy (non-hydrogen) atoms. The first-order chi connectivity index (χ1) is 16.9. The number of H-pyrrole nitrogens is 1. The lowest BCUT2D eigenvalue weighted by atomic mass is 10.2. The number of alkyl halides is 1. The summed E-state index contributed by atoms with van der Waals surface area (Å²) in [4.78, 5) is 15.2. The Bertz CT molecular complexity index is 1230. The molecule has 1 aliphatic heterocycles. The summed E-state index contributed by atoms with van der Waals surface area (Å²) < 4.78 is 38.3. The van der Waals surface area contributed by atoms with Crippen LogP contribution in [0.15, 0.2) is 36.5 Å². The fraction of sp³-hybridized carbons (Fsp3) is 0.500. The number of hydrogen-bond donors (Lipinski definition) is 3. The summed E-state index contributed by atoms with van der Waals surface area (Å²) in [5.74, 6) is -0.380. The van der Waals surface area contributed by atoms with Crippen molar-refractivity contribution in [3.63, 3.8) is 0 Å². The Balaban J connectivity index is 1.77. The molecule has 2 aromatic rings. The van der Waals surface area contributed by atoms with E-state index in [0.29, 0.717) is 4.64 Å². The predicted octanol–water partition coefficient (Wildman–Crippen LogP) is 4.58. The number of nitrogens with one attached hydrogen (secondary N) is 2. The second-order valence-corrected chi connectivity index (χ2v) is 11.5. The number of ether oxygens (including phenoxy) is 2. The van der Waals surface area contributed by atoms with Gasteiger partial charge in [0.1, 0.15) is 34.0 Å². The van der Waals surface area contributed by atoms with E-state index in [4.69, 9.17) is 54.6 Å². The van der Waals surface area contributed by atoms with Gasteiger partial charge >= 0.3 is 13.7 Å². The molecule has 6 atom stereocenters. The van der Waals surface area contributed by atoms with E-state index < -0.39 is 43.6 Å². The van der Waals surface area contributed by atoms with Crippen LogP contribution in [0.25, 0.3) is 0 Å². The monoisotopic (exact) mass is 577 g/mol. The normalized spacial score (nSPS) is 24.3. The van der Waals surface area contributed by atoms with Crippen LogP contribution in [0.1, 0.15) is 32.6 Å². The van der Waals surface area contributed by atoms with Gasteiger partial charge in [-0.3, -0.25) is 13.9 Å². The van der Waals surface area contributed by atoms with E-state index in [2.05, 4.69) is 10.1 Å². The van der Waals surface area contributed by atoms with Crippen LogP contribution in [0, 0.1) is 16.3 Å². The summed E-state index contributed by atoms with van der Waals surface area (Å²) >= 11 is 17.0. The maximum atomic E-state index is 13.6. The van der Waals surface area contributed by atoms with Gasteiger partial charge in [0.15, 0.2) is 11.0 Å². The zero-order chi connectivity index (χ0) is 26.6. The number of aryl methyl sites for hydroxylation is 1. The molecule has 1 saturated heterocycles. The summed E-state index contributed by atoms with van der Waals surface area (Å²) in [7, 11) is -4.14. The molecular formula is C22H29ClN3O7PS2. The molecular weight excluding hydrogens is 549 g/mol. The molecule has 1 aromatic carbocycles. The molecule has 0 bridgehead atoms. The third-order valence-electron chi connectivity index (χ3n) is 5.15. The third kappa shape index (κ3) is 7.23. The van der Waals surface area contributed by atoms with Crippen molar-refractivity contribution in [1.82, 2.24) is 14.6 Å². The SMILES string of the molecule is Cc1cn([C@H]2O[C@@H](COP(=O)(N[C@@H](C)C(=O)OC(C)C)Oc3ccccc3)C(O)[C@H]2Cl)c(=S)[nH]c1=S. The number of nitrogens with zero attached hydrogens (tertiary/aromatic N) is 1. The van der Waals surface area contributed by atoms with E-state index in [0.717, 1.165) is 5.56 Å². The molecule has 2 unspecified atom stereocenters. The van der Waals surface area contributed by atoms with Crippen LogP contribution in [0.3, 0.4) is 0 Å². The number of esters is 1. The standard InChI is InChI=1S/C22H29ClN3O7PS2/c1-12(2)31-21(28)14(4)25-34(29,33-15-8-6-5-7-9-15)30-11-16-18(27)17(23)20(32-16)26-10-13(3)19(35)24-22(26)36/h5-10,12,14,16-18,20,27H,11H2,1-4H3,(H,25,29)(H,24,35,36)/t14-,16-,17+,18?,20-,34?/m0/s1. The molecule has 1 aromatic heterocycles. The van der Waals surface area contributed by atoms with E-state index in [1.807, 2.05) is 0 Å². The fourth-order valence-corrected chi connectivity index (χ4v) is 5.66. The maximum absolute atomic E-state index is 13.6. The number of carbonyl (C=O) groups is 1. The van der Waals surface area contributed by atoms with Crippen LogP contribution in [0.5, 0.6) is 5.75 Å². The first-order valence-corrected chi connectivity index (χ1v) is 14.0. The topological polar surface area (TPSA) is 124 Å². The molecule has 1 aliphatic rings. The number of hydrogen-bond acceptors (Lipinski definition) is 9. The second-order valence-electron chi connectivity index (χ2n) is 8.51. The molecule has 3 rings (SSSR count). The van der Waals surface area contributed by atoms with Gasteiger partial charge in [0.05, 0.1) is 12.7 Å². The average molecular weight is 578 g/mol. The molecule has 198 valence electrons. The number of carbonyl (C=O) groups excluding carboxylic acids is 1. The molecule has 0 saturated carbocycles. The Morgan fingerprint density at radius 3 is 2.61 bits per heavy atom. The minimum Gasteiger partial charge on any atom is -0.462 e. The van der Waals surface area contributed by atoms with Gasteiger partial charge in [0.2, 0.25) is 0 Å². The summed E-state index contributed by atoms with van der Waals surface area (Å²) in [5, 5.41) is 12.4. The summed E-state index contributed by atoms with van der Waals surface area (Å²) in [6.45, 7) is 6.32. The number of benzene rings is 1. The van der Waals surface area contributed by atoms with E-state index in [-0.39, 0.29) is 23.2 Å². The van der Waals surface area contributed by atoms with Crippen LogP contribution in [-0.4, -0.2) is 57.0 Å². The second kappa shape index (κ2) is 12.3. The number of rotatable bonds is 10. The maximum Gasteiger partial charge on any atom is 0.459 e. The number of aromatic nitrogens is 2. The smallest absolute Gasteiger partial charge is 0.459 e. The Kier molecular flexibility index (Phi) is 9.87. The van der Waals surface area contributed by atoms with Crippen LogP contribution in [-0.2, 0) is 23.4 Å². The highest BCUT2D eigenvalue weighted by atomic mass is 35.5. The van der Waals surface area contributed by atoms with Crippen molar-refractivity contribution in [3.8, 4) is 5.75 Å². The zero-order valence-electron chi connectivity index (χ0n) is 20.1. The van der Waals surface area contributed by atoms with E-state index in [1.54, 1.807) is 61.9 Å². The van der Waals surface area contributed by atoms with Crippen LogP contribution in [0.4, 0.5) is 0 Å². The molecule has 0 aliphatic carbocycles. The molecule has 0 spiro atoms. The Labute approximate surface area is 224 Å². The van der Waals surface area contributed by atoms with Gasteiger partial charge < -0.3 is 24.1 Å². The minimum atomic E-state index is -4.14. The van der Waals surface area contributed by atoms with Gasteiger partial charge in [-0.2, -0.15) is 5.09 Å². The summed E-state index contributed by atoms with van der Waals surface area (Å²) in [6.07, 6.45) is -1.68. The van der Waals surface area contributed by atoms with Crippen molar-refractivity contribution in [2.75, 3.05) is 6.61 Å². The number of aliphatic hydroxyl groups is 1. The minimum absolute atomic E-state index is 0.250. The van der Waals surface area contributed by atoms with Gasteiger partial charge in [0.25, 0.3) is 0 Å². The average Bonchev–Trinajstić information content (AvgIpc) is 3.08. The van der Waals surface area contributed by atoms with Gasteiger partial charge in [-0.25, -0.2) is 4.57 Å². The lowest BCUT2D eigenvalue weighted by Gasteiger charge is -2.25. The summed E-state index contributed by atoms with van der Waals surface area (Å²) in [5.41, 5.74) is 0.743. The molecule has 0 amide bonds. The fourth-order valence-electron chi connectivity index (χ4n) is 3.35. The van der Waals surface area contributed by atoms with Crippen LogP contribution < -0.4 is 9.61 Å². The molecule has 10 nitrogen and oxygen atoms in total. The summed E-state index contributed by atoms with van der Waals surface area (Å²) in [6, 6.07) is 7.31. The molecule has 0 radical (unpaired) electrons. The zero-order valence-corrected chi connectivity index (χ0v) is 23.4. The largest absolute Gasteiger partial charge is 0.462 e. The number of para-hydroxylation sites is 1. The van der Waals surface area contributed by atoms with Crippen LogP contribution in [0.2, 0.25) is 0 Å². The van der Waals surface area contributed by atoms with Crippen molar-refractivity contribution >= 4 is 49.8 Å². The Hall–Kier alpha value is -1.63. The molecule has 14 heteroatoms. The highest BCUT2D eigenvalue weighted by molar-refractivity contribution is 7.72. The lowest BCUT2D eigenvalue weighted by Crippen LogP contribution is -2.37. The van der Waals surface area contributed by atoms with Gasteiger partial charge in [-0.05, 0) is 52.0 Å². The third-order valence-corrected chi connectivity index (χ3v) is 8.00. The highest BCUT2D eigenvalue weighted by Crippen LogP contribution is 2.46. The quantitative estimate of drug-likeness (QED) is 0.160. The van der Waals surface area contributed by atoms with Gasteiger partial charge in [-0.1, -0.05) is 30.4 Å². The van der Waals surface area contributed by atoms with Crippen molar-refractivity contribution in [2.24, 2.45) is 0 Å². The predicted molar refractivity (Wildman–Crippen MR) is 139 cm³/mol. The van der Waals surface area contributed by atoms with Gasteiger partial charge in [0, 0.05) is 11.8 Å². The first-order valence-electron chi connectivity index (χ1n) is 11.2. The van der Waals surface area contributed by atoms with Crippen molar-refractivity contribution in [3.05, 3.63) is 51.5 Å². The van der Waals surface area contributed by atoms with Gasteiger partial charge in [-0.15, -0.1) is 11.6 Å². The molecule has 1 fully saturated rings. The highest BCUT2D eigenvalue weighted by Gasteiger charge is 2.45. The molecule has 3 N–H and O–H groups in total. The van der Waals surface area contributed by atoms with E-state index in [9.17, 15) is 14.5 Å². The number of halogens is 1.